The number of carbonyl (C=O) groups excluding carboxylic acids is 2. The normalized spacial score (nSPS) is 12.3. The number of carbonyl (C=O) groups is 2. The summed E-state index contributed by atoms with van der Waals surface area (Å²) in [7, 11) is 0. The Bertz CT molecular complexity index is 1010. The minimum Gasteiger partial charge on any atom is -0.457 e. The molecular weight excluding hydrogens is 312 g/mol. The fourth-order valence-corrected chi connectivity index (χ4v) is 3.00. The van der Waals surface area contributed by atoms with Crippen LogP contribution in [-0.2, 0) is 0 Å². The predicted molar refractivity (Wildman–Crippen MR) is 96.4 cm³/mol. The molecule has 3 aromatic carbocycles. The van der Waals surface area contributed by atoms with Crippen LogP contribution in [0.3, 0.4) is 0 Å². The number of fused-ring (bicyclic) bond motifs is 2. The van der Waals surface area contributed by atoms with Gasteiger partial charge < -0.3 is 4.74 Å². The molecule has 0 aromatic heterocycles. The zero-order valence-electron chi connectivity index (χ0n) is 13.4. The van der Waals surface area contributed by atoms with E-state index in [1.807, 2.05) is 12.1 Å². The van der Waals surface area contributed by atoms with E-state index in [4.69, 9.17) is 4.74 Å². The SMILES string of the molecule is C=Cc1ccc(Oc2cccc3c2C(=O)c2ccccc2C3=O)cc1. The summed E-state index contributed by atoms with van der Waals surface area (Å²) in [6.07, 6.45) is 1.74. The molecule has 0 aliphatic heterocycles. The Hall–Kier alpha value is -3.46. The van der Waals surface area contributed by atoms with E-state index in [0.29, 0.717) is 33.8 Å². The Kier molecular flexibility index (Phi) is 3.55. The van der Waals surface area contributed by atoms with Crippen LogP contribution in [0.4, 0.5) is 0 Å². The molecule has 120 valence electrons. The molecule has 0 fully saturated rings. The van der Waals surface area contributed by atoms with E-state index in [1.54, 1.807) is 60.7 Å². The first-order chi connectivity index (χ1) is 12.2. The molecule has 1 aliphatic rings. The first kappa shape index (κ1) is 15.1. The Balaban J connectivity index is 1.80. The average Bonchev–Trinajstić information content (AvgIpc) is 2.66. The van der Waals surface area contributed by atoms with Crippen molar-refractivity contribution >= 4 is 17.6 Å². The van der Waals surface area contributed by atoms with Crippen molar-refractivity contribution in [1.29, 1.82) is 0 Å². The van der Waals surface area contributed by atoms with Gasteiger partial charge in [0.25, 0.3) is 0 Å². The zero-order valence-corrected chi connectivity index (χ0v) is 13.4. The van der Waals surface area contributed by atoms with Crippen molar-refractivity contribution in [3.63, 3.8) is 0 Å². The predicted octanol–water partition coefficient (Wildman–Crippen LogP) is 4.90. The molecule has 1 aliphatic carbocycles. The van der Waals surface area contributed by atoms with Gasteiger partial charge in [0.1, 0.15) is 11.5 Å². The highest BCUT2D eigenvalue weighted by molar-refractivity contribution is 6.29. The summed E-state index contributed by atoms with van der Waals surface area (Å²) in [5, 5.41) is 0. The molecule has 0 heterocycles. The van der Waals surface area contributed by atoms with E-state index in [9.17, 15) is 9.59 Å². The van der Waals surface area contributed by atoms with Crippen molar-refractivity contribution in [1.82, 2.24) is 0 Å². The van der Waals surface area contributed by atoms with Gasteiger partial charge in [-0.1, -0.05) is 61.2 Å². The summed E-state index contributed by atoms with van der Waals surface area (Å²) in [6.45, 7) is 3.72. The van der Waals surface area contributed by atoms with Crippen LogP contribution < -0.4 is 4.74 Å². The maximum Gasteiger partial charge on any atom is 0.198 e. The van der Waals surface area contributed by atoms with Gasteiger partial charge in [0.05, 0.1) is 5.56 Å². The van der Waals surface area contributed by atoms with E-state index >= 15 is 0 Å². The highest BCUT2D eigenvalue weighted by Crippen LogP contribution is 2.35. The molecule has 0 N–H and O–H groups in total. The van der Waals surface area contributed by atoms with E-state index in [1.165, 1.54) is 0 Å². The van der Waals surface area contributed by atoms with Crippen molar-refractivity contribution in [3.8, 4) is 11.5 Å². The fourth-order valence-electron chi connectivity index (χ4n) is 3.00. The van der Waals surface area contributed by atoms with Crippen molar-refractivity contribution in [2.75, 3.05) is 0 Å². The maximum atomic E-state index is 12.9. The third-order valence-corrected chi connectivity index (χ3v) is 4.26. The van der Waals surface area contributed by atoms with Crippen LogP contribution in [0.1, 0.15) is 37.4 Å². The van der Waals surface area contributed by atoms with Gasteiger partial charge in [-0.05, 0) is 23.8 Å². The Morgan fingerprint density at radius 2 is 1.36 bits per heavy atom. The summed E-state index contributed by atoms with van der Waals surface area (Å²) >= 11 is 0. The Labute approximate surface area is 145 Å². The molecule has 0 bridgehead atoms. The molecule has 4 rings (SSSR count). The fraction of sp³-hybridized carbons (Fsp3) is 0. The molecule has 3 heteroatoms. The van der Waals surface area contributed by atoms with Crippen molar-refractivity contribution in [2.24, 2.45) is 0 Å². The number of hydrogen-bond donors (Lipinski definition) is 0. The van der Waals surface area contributed by atoms with Gasteiger partial charge in [-0.3, -0.25) is 9.59 Å². The van der Waals surface area contributed by atoms with Gasteiger partial charge in [-0.25, -0.2) is 0 Å². The Morgan fingerprint density at radius 3 is 2.04 bits per heavy atom. The average molecular weight is 326 g/mol. The lowest BCUT2D eigenvalue weighted by atomic mass is 9.83. The summed E-state index contributed by atoms with van der Waals surface area (Å²) in [5.41, 5.74) is 2.52. The van der Waals surface area contributed by atoms with Crippen LogP contribution in [0.25, 0.3) is 6.08 Å². The largest absolute Gasteiger partial charge is 0.457 e. The van der Waals surface area contributed by atoms with E-state index in [-0.39, 0.29) is 11.6 Å². The second kappa shape index (κ2) is 5.87. The first-order valence-electron chi connectivity index (χ1n) is 7.91. The second-order valence-corrected chi connectivity index (χ2v) is 5.76. The molecule has 0 saturated carbocycles. The van der Waals surface area contributed by atoms with Crippen molar-refractivity contribution in [3.05, 3.63) is 101 Å². The number of ether oxygens (including phenoxy) is 1. The first-order valence-corrected chi connectivity index (χ1v) is 7.91. The number of hydrogen-bond acceptors (Lipinski definition) is 3. The summed E-state index contributed by atoms with van der Waals surface area (Å²) in [6, 6.07) is 19.3. The second-order valence-electron chi connectivity index (χ2n) is 5.76. The highest BCUT2D eigenvalue weighted by atomic mass is 16.5. The van der Waals surface area contributed by atoms with Crippen LogP contribution in [-0.4, -0.2) is 11.6 Å². The number of ketones is 2. The third-order valence-electron chi connectivity index (χ3n) is 4.26. The van der Waals surface area contributed by atoms with E-state index in [2.05, 4.69) is 6.58 Å². The van der Waals surface area contributed by atoms with Crippen LogP contribution in [0.2, 0.25) is 0 Å². The Morgan fingerprint density at radius 1 is 0.720 bits per heavy atom. The summed E-state index contributed by atoms with van der Waals surface area (Å²) in [5.74, 6) is 0.635. The lowest BCUT2D eigenvalue weighted by Gasteiger charge is -2.20. The van der Waals surface area contributed by atoms with Crippen LogP contribution in [0.15, 0.2) is 73.3 Å². The molecule has 25 heavy (non-hydrogen) atoms. The van der Waals surface area contributed by atoms with Gasteiger partial charge in [-0.15, -0.1) is 0 Å². The molecule has 0 saturated heterocycles. The van der Waals surface area contributed by atoms with Gasteiger partial charge in [-0.2, -0.15) is 0 Å². The molecular formula is C22H14O3. The molecule has 0 atom stereocenters. The highest BCUT2D eigenvalue weighted by Gasteiger charge is 2.32. The van der Waals surface area contributed by atoms with Gasteiger partial charge in [0.15, 0.2) is 11.6 Å². The monoisotopic (exact) mass is 326 g/mol. The van der Waals surface area contributed by atoms with Crippen LogP contribution >= 0.6 is 0 Å². The lowest BCUT2D eigenvalue weighted by molar-refractivity contribution is 0.0977. The van der Waals surface area contributed by atoms with Crippen molar-refractivity contribution < 1.29 is 14.3 Å². The van der Waals surface area contributed by atoms with Gasteiger partial charge in [0.2, 0.25) is 0 Å². The van der Waals surface area contributed by atoms with Crippen molar-refractivity contribution in [2.45, 2.75) is 0 Å². The smallest absolute Gasteiger partial charge is 0.198 e. The number of rotatable bonds is 3. The van der Waals surface area contributed by atoms with E-state index < -0.39 is 0 Å². The minimum atomic E-state index is -0.191. The molecule has 3 aromatic rings. The third kappa shape index (κ3) is 2.46. The molecule has 3 nitrogen and oxygen atoms in total. The van der Waals surface area contributed by atoms with Crippen LogP contribution in [0.5, 0.6) is 11.5 Å². The molecule has 0 radical (unpaired) electrons. The maximum absolute atomic E-state index is 12.9. The van der Waals surface area contributed by atoms with Gasteiger partial charge >= 0.3 is 0 Å². The molecule has 0 spiro atoms. The summed E-state index contributed by atoms with van der Waals surface area (Å²) in [4.78, 5) is 25.6. The molecule has 0 unspecified atom stereocenters. The van der Waals surface area contributed by atoms with Crippen LogP contribution in [0, 0.1) is 0 Å². The standard InChI is InChI=1S/C22H14O3/c1-2-14-10-12-15(13-11-14)25-19-9-5-8-18-20(19)22(24)17-7-4-3-6-16(17)21(18)23/h2-13H,1H2. The summed E-state index contributed by atoms with van der Waals surface area (Å²) < 4.78 is 5.90. The number of benzene rings is 3. The quantitative estimate of drug-likeness (QED) is 0.538. The topological polar surface area (TPSA) is 43.4 Å². The molecule has 0 amide bonds. The zero-order chi connectivity index (χ0) is 17.4. The lowest BCUT2D eigenvalue weighted by Crippen LogP contribution is -2.21. The van der Waals surface area contributed by atoms with Gasteiger partial charge in [0, 0.05) is 16.7 Å². The van der Waals surface area contributed by atoms with E-state index in [0.717, 1.165) is 5.56 Å². The minimum absolute atomic E-state index is 0.155.